The van der Waals surface area contributed by atoms with E-state index in [0.717, 1.165) is 97.0 Å². The number of imide groups is 2. The molecule has 61 heavy (non-hydrogen) atoms. The highest BCUT2D eigenvalue weighted by Gasteiger charge is 2.45. The first kappa shape index (κ1) is 39.3. The van der Waals surface area contributed by atoms with E-state index in [1.54, 1.807) is 24.5 Å². The highest BCUT2D eigenvalue weighted by atomic mass is 19.3. The lowest BCUT2D eigenvalue weighted by molar-refractivity contribution is -0.136. The lowest BCUT2D eigenvalue weighted by Crippen LogP contribution is -2.54. The molecule has 0 spiro atoms. The minimum absolute atomic E-state index is 0.0220. The summed E-state index contributed by atoms with van der Waals surface area (Å²) in [6.45, 7) is 4.62. The van der Waals surface area contributed by atoms with E-state index in [9.17, 15) is 28.0 Å². The van der Waals surface area contributed by atoms with Gasteiger partial charge in [0.2, 0.25) is 17.7 Å². The fourth-order valence-corrected chi connectivity index (χ4v) is 9.96. The van der Waals surface area contributed by atoms with Gasteiger partial charge in [-0.05, 0) is 79.8 Å². The first-order chi connectivity index (χ1) is 29.6. The van der Waals surface area contributed by atoms with E-state index in [1.165, 1.54) is 12.3 Å². The number of hydrogen-bond acceptors (Lipinski definition) is 10. The molecular formula is C45H45F3N8O5. The standard InChI is InChI=1S/C45H45F3N8O5/c46-35-20-32-33(44(60)56(43(32)59)37-4-5-40(57)51-42(37)58)21-39(35)54-11-8-26(9-12-54)24-52-13-15-53(16-14-52)25-27-17-30(18-27)61-41-6-2-29(22-50-41)28-1-3-31-34-23-49-10-7-36(34)55(45(47)48)38(31)19-28/h1-3,6-7,10,19-23,26-27,30,37,45H,4-5,8-9,11-18,24-25H2,(H,51,57,58)/t27-,30-,37?. The van der Waals surface area contributed by atoms with Crippen molar-refractivity contribution in [2.75, 3.05) is 57.3 Å². The van der Waals surface area contributed by atoms with Crippen molar-refractivity contribution >= 4 is 51.1 Å². The topological polar surface area (TPSA) is 133 Å². The van der Waals surface area contributed by atoms with Gasteiger partial charge in [-0.1, -0.05) is 12.1 Å². The summed E-state index contributed by atoms with van der Waals surface area (Å²) in [6, 6.07) is 12.4. The molecule has 7 heterocycles. The Kier molecular flexibility index (Phi) is 10.2. The highest BCUT2D eigenvalue weighted by Crippen LogP contribution is 2.37. The van der Waals surface area contributed by atoms with Gasteiger partial charge in [-0.3, -0.25) is 38.9 Å². The van der Waals surface area contributed by atoms with Crippen LogP contribution in [0.5, 0.6) is 5.88 Å². The molecule has 5 aliphatic rings. The molecule has 3 aromatic heterocycles. The number of carbonyl (C=O) groups is 4. The average molecular weight is 835 g/mol. The Bertz CT molecular complexity index is 2550. The number of nitrogens with one attached hydrogen (secondary N) is 1. The summed E-state index contributed by atoms with van der Waals surface area (Å²) in [5.74, 6) is -1.46. The van der Waals surface area contributed by atoms with Gasteiger partial charge in [0, 0.05) is 99.8 Å². The second kappa shape index (κ2) is 15.9. The molecular weight excluding hydrogens is 790 g/mol. The van der Waals surface area contributed by atoms with Crippen molar-refractivity contribution in [3.8, 4) is 17.0 Å². The number of pyridine rings is 2. The molecule has 4 fully saturated rings. The number of hydrogen-bond donors (Lipinski definition) is 1. The van der Waals surface area contributed by atoms with Crippen LogP contribution in [0.4, 0.5) is 18.9 Å². The SMILES string of the molecule is O=C1CCC(N2C(=O)c3cc(F)c(N4CCC(CN5CCN(C[C@H]6C[C@H](Oc7ccc(-c8ccc9c%10cnccc%10n(C(F)F)c9c8)cn7)C6)CC5)CC4)cc3C2=O)C(=O)N1. The summed E-state index contributed by atoms with van der Waals surface area (Å²) in [7, 11) is 0. The van der Waals surface area contributed by atoms with Gasteiger partial charge in [0.25, 0.3) is 11.8 Å². The molecule has 316 valence electrons. The van der Waals surface area contributed by atoms with Crippen LogP contribution in [0.25, 0.3) is 32.9 Å². The summed E-state index contributed by atoms with van der Waals surface area (Å²) >= 11 is 0. The second-order valence-corrected chi connectivity index (χ2v) is 17.1. The number of fused-ring (bicyclic) bond motifs is 4. The minimum atomic E-state index is -2.68. The van der Waals surface area contributed by atoms with Gasteiger partial charge in [-0.15, -0.1) is 0 Å². The zero-order chi connectivity index (χ0) is 41.9. The molecule has 1 atom stereocenters. The van der Waals surface area contributed by atoms with Crippen molar-refractivity contribution < 1.29 is 37.1 Å². The third-order valence-corrected chi connectivity index (χ3v) is 13.3. The van der Waals surface area contributed by atoms with Crippen molar-refractivity contribution in [1.29, 1.82) is 0 Å². The Labute approximate surface area is 349 Å². The van der Waals surface area contributed by atoms with Crippen LogP contribution in [0.2, 0.25) is 0 Å². The van der Waals surface area contributed by atoms with Crippen LogP contribution in [-0.2, 0) is 9.59 Å². The van der Waals surface area contributed by atoms with Gasteiger partial charge in [-0.2, -0.15) is 8.78 Å². The minimum Gasteiger partial charge on any atom is -0.474 e. The monoisotopic (exact) mass is 834 g/mol. The number of piperidine rings is 2. The Morgan fingerprint density at radius 2 is 1.46 bits per heavy atom. The zero-order valence-corrected chi connectivity index (χ0v) is 33.4. The van der Waals surface area contributed by atoms with Gasteiger partial charge in [0.15, 0.2) is 0 Å². The lowest BCUT2D eigenvalue weighted by Gasteiger charge is -2.42. The van der Waals surface area contributed by atoms with Crippen molar-refractivity contribution in [3.63, 3.8) is 0 Å². The quantitative estimate of drug-likeness (QED) is 0.170. The van der Waals surface area contributed by atoms with Crippen LogP contribution in [-0.4, -0.2) is 117 Å². The summed E-state index contributed by atoms with van der Waals surface area (Å²) in [6.07, 6.45) is 8.77. The smallest absolute Gasteiger partial charge is 0.319 e. The van der Waals surface area contributed by atoms with E-state index in [-0.39, 0.29) is 30.1 Å². The normalized spacial score (nSPS) is 23.0. The molecule has 0 bridgehead atoms. The highest BCUT2D eigenvalue weighted by molar-refractivity contribution is 6.23. The number of ether oxygens (including phenoxy) is 1. The van der Waals surface area contributed by atoms with Gasteiger partial charge in [-0.25, -0.2) is 9.37 Å². The predicted octanol–water partition coefficient (Wildman–Crippen LogP) is 5.88. The molecule has 3 saturated heterocycles. The fourth-order valence-electron chi connectivity index (χ4n) is 9.96. The Morgan fingerprint density at radius 3 is 2.15 bits per heavy atom. The van der Waals surface area contributed by atoms with Gasteiger partial charge in [0.05, 0.1) is 27.8 Å². The molecule has 4 amide bonds. The first-order valence-electron chi connectivity index (χ1n) is 21.1. The zero-order valence-electron chi connectivity index (χ0n) is 33.4. The third-order valence-electron chi connectivity index (χ3n) is 13.3. The molecule has 0 radical (unpaired) electrons. The van der Waals surface area contributed by atoms with Gasteiger partial charge < -0.3 is 19.4 Å². The Balaban J connectivity index is 0.659. The van der Waals surface area contributed by atoms with Crippen LogP contribution < -0.4 is 15.0 Å². The number of alkyl halides is 2. The number of piperazine rings is 1. The lowest BCUT2D eigenvalue weighted by atomic mass is 9.81. The molecule has 1 aliphatic carbocycles. The van der Waals surface area contributed by atoms with Crippen molar-refractivity contribution in [2.24, 2.45) is 11.8 Å². The number of carbonyl (C=O) groups excluding carboxylic acids is 4. The molecule has 10 rings (SSSR count). The largest absolute Gasteiger partial charge is 0.474 e. The average Bonchev–Trinajstić information content (AvgIpc) is 3.70. The molecule has 13 nitrogen and oxygen atoms in total. The molecule has 16 heteroatoms. The van der Waals surface area contributed by atoms with Crippen molar-refractivity contribution in [1.82, 2.24) is 34.6 Å². The summed E-state index contributed by atoms with van der Waals surface area (Å²) < 4.78 is 50.9. The number of anilines is 1. The van der Waals surface area contributed by atoms with Crippen molar-refractivity contribution in [2.45, 2.75) is 57.2 Å². The summed E-state index contributed by atoms with van der Waals surface area (Å²) in [5.41, 5.74) is 2.85. The number of benzene rings is 2. The number of nitrogens with zero attached hydrogens (tertiary/aromatic N) is 7. The van der Waals surface area contributed by atoms with E-state index in [1.807, 2.05) is 29.2 Å². The van der Waals surface area contributed by atoms with Crippen LogP contribution >= 0.6 is 0 Å². The molecule has 4 aliphatic heterocycles. The third kappa shape index (κ3) is 7.39. The van der Waals surface area contributed by atoms with Gasteiger partial charge in [0.1, 0.15) is 18.0 Å². The molecule has 1 unspecified atom stereocenters. The van der Waals surface area contributed by atoms with E-state index in [0.29, 0.717) is 52.9 Å². The molecule has 5 aromatic rings. The number of aromatic nitrogens is 3. The predicted molar refractivity (Wildman–Crippen MR) is 220 cm³/mol. The van der Waals surface area contributed by atoms with Crippen molar-refractivity contribution in [3.05, 3.63) is 84.1 Å². The first-order valence-corrected chi connectivity index (χ1v) is 21.1. The van der Waals surface area contributed by atoms with Crippen LogP contribution in [0.15, 0.2) is 67.1 Å². The Morgan fingerprint density at radius 1 is 0.754 bits per heavy atom. The van der Waals surface area contributed by atoms with E-state index in [2.05, 4.69) is 25.1 Å². The summed E-state index contributed by atoms with van der Waals surface area (Å²) in [5, 5.41) is 3.61. The Hall–Kier alpha value is -5.87. The number of halogens is 3. The van der Waals surface area contributed by atoms with Crippen LogP contribution in [0.3, 0.4) is 0 Å². The summed E-state index contributed by atoms with van der Waals surface area (Å²) in [4.78, 5) is 67.0. The van der Waals surface area contributed by atoms with E-state index < -0.39 is 42.0 Å². The van der Waals surface area contributed by atoms with Crippen LogP contribution in [0.1, 0.15) is 65.8 Å². The van der Waals surface area contributed by atoms with Gasteiger partial charge >= 0.3 is 6.55 Å². The number of amides is 4. The van der Waals surface area contributed by atoms with E-state index in [4.69, 9.17) is 4.74 Å². The van der Waals surface area contributed by atoms with Crippen LogP contribution in [0, 0.1) is 17.7 Å². The maximum atomic E-state index is 15.4. The maximum Gasteiger partial charge on any atom is 0.319 e. The molecule has 2 aromatic carbocycles. The maximum absolute atomic E-state index is 15.4. The molecule has 1 saturated carbocycles. The number of rotatable bonds is 10. The fraction of sp³-hybridized carbons (Fsp3) is 0.422. The molecule has 1 N–H and O–H groups in total. The van der Waals surface area contributed by atoms with E-state index >= 15 is 4.39 Å². The second-order valence-electron chi connectivity index (χ2n) is 17.1.